The molecular formula is C13H17N3OS2. The molecule has 4 nitrogen and oxygen atoms in total. The number of fused-ring (bicyclic) bond motifs is 1. The third-order valence-corrected chi connectivity index (χ3v) is 5.20. The highest BCUT2D eigenvalue weighted by molar-refractivity contribution is 7.98. The first kappa shape index (κ1) is 13.1. The highest BCUT2D eigenvalue weighted by atomic mass is 32.2. The molecule has 0 fully saturated rings. The third kappa shape index (κ3) is 3.01. The lowest BCUT2D eigenvalue weighted by molar-refractivity contribution is 0.459. The van der Waals surface area contributed by atoms with Gasteiger partial charge in [0, 0.05) is 16.7 Å². The molecule has 3 rings (SSSR count). The standard InChI is InChI=1S/C13H17N3OS2/c1-8(2)14-6-12-15-16-13(17-12)11-5-9-7-18-4-3-10(9)19-11/h5,8,14H,3-4,6-7H2,1-2H3. The molecule has 0 saturated carbocycles. The molecule has 0 saturated heterocycles. The lowest BCUT2D eigenvalue weighted by Crippen LogP contribution is -2.21. The van der Waals surface area contributed by atoms with Crippen LogP contribution in [0.5, 0.6) is 0 Å². The van der Waals surface area contributed by atoms with Crippen LogP contribution < -0.4 is 5.32 Å². The summed E-state index contributed by atoms with van der Waals surface area (Å²) >= 11 is 3.79. The van der Waals surface area contributed by atoms with Gasteiger partial charge in [-0.1, -0.05) is 13.8 Å². The van der Waals surface area contributed by atoms with Crippen molar-refractivity contribution in [3.8, 4) is 10.8 Å². The second-order valence-corrected chi connectivity index (χ2v) is 7.14. The van der Waals surface area contributed by atoms with Crippen molar-refractivity contribution in [1.82, 2.24) is 15.5 Å². The van der Waals surface area contributed by atoms with E-state index in [0.717, 1.165) is 10.6 Å². The number of nitrogens with zero attached hydrogens (tertiary/aromatic N) is 2. The van der Waals surface area contributed by atoms with Crippen LogP contribution in [-0.4, -0.2) is 22.0 Å². The van der Waals surface area contributed by atoms with Gasteiger partial charge in [0.15, 0.2) is 0 Å². The monoisotopic (exact) mass is 295 g/mol. The van der Waals surface area contributed by atoms with E-state index < -0.39 is 0 Å². The lowest BCUT2D eigenvalue weighted by atomic mass is 10.2. The minimum atomic E-state index is 0.418. The van der Waals surface area contributed by atoms with E-state index in [1.165, 1.54) is 22.6 Å². The zero-order valence-electron chi connectivity index (χ0n) is 11.1. The number of aromatic nitrogens is 2. The summed E-state index contributed by atoms with van der Waals surface area (Å²) in [5.41, 5.74) is 1.44. The van der Waals surface area contributed by atoms with Crippen LogP contribution in [0.4, 0.5) is 0 Å². The predicted octanol–water partition coefficient (Wildman–Crippen LogP) is 3.09. The van der Waals surface area contributed by atoms with Gasteiger partial charge in [0.25, 0.3) is 5.89 Å². The van der Waals surface area contributed by atoms with E-state index in [1.807, 2.05) is 11.8 Å². The van der Waals surface area contributed by atoms with Crippen LogP contribution in [0.3, 0.4) is 0 Å². The van der Waals surface area contributed by atoms with Crippen molar-refractivity contribution in [3.63, 3.8) is 0 Å². The van der Waals surface area contributed by atoms with E-state index in [-0.39, 0.29) is 0 Å². The lowest BCUT2D eigenvalue weighted by Gasteiger charge is -2.08. The van der Waals surface area contributed by atoms with Crippen LogP contribution in [0.1, 0.15) is 30.2 Å². The average molecular weight is 295 g/mol. The summed E-state index contributed by atoms with van der Waals surface area (Å²) in [6, 6.07) is 2.63. The van der Waals surface area contributed by atoms with E-state index in [0.29, 0.717) is 24.4 Å². The Morgan fingerprint density at radius 1 is 1.42 bits per heavy atom. The van der Waals surface area contributed by atoms with Gasteiger partial charge in [0.05, 0.1) is 11.4 Å². The van der Waals surface area contributed by atoms with Crippen LogP contribution in [-0.2, 0) is 18.7 Å². The molecule has 0 unspecified atom stereocenters. The molecule has 2 aromatic rings. The largest absolute Gasteiger partial charge is 0.419 e. The number of thiophene rings is 1. The Bertz CT molecular complexity index is 538. The smallest absolute Gasteiger partial charge is 0.257 e. The van der Waals surface area contributed by atoms with Gasteiger partial charge in [-0.3, -0.25) is 0 Å². The van der Waals surface area contributed by atoms with Crippen molar-refractivity contribution in [3.05, 3.63) is 22.4 Å². The van der Waals surface area contributed by atoms with Crippen LogP contribution in [0.25, 0.3) is 10.8 Å². The molecule has 0 atom stereocenters. The quantitative estimate of drug-likeness (QED) is 0.939. The highest BCUT2D eigenvalue weighted by Gasteiger charge is 2.17. The van der Waals surface area contributed by atoms with Crippen LogP contribution in [0.15, 0.2) is 10.5 Å². The SMILES string of the molecule is CC(C)NCc1nnc(-c2cc3c(s2)CCSC3)o1. The number of aryl methyl sites for hydroxylation is 1. The summed E-state index contributed by atoms with van der Waals surface area (Å²) in [5.74, 6) is 3.65. The third-order valence-electron chi connectivity index (χ3n) is 2.97. The van der Waals surface area contributed by atoms with E-state index in [1.54, 1.807) is 11.3 Å². The molecule has 102 valence electrons. The van der Waals surface area contributed by atoms with Crippen molar-refractivity contribution < 1.29 is 4.42 Å². The molecule has 0 bridgehead atoms. The summed E-state index contributed by atoms with van der Waals surface area (Å²) in [4.78, 5) is 2.59. The molecule has 1 aliphatic heterocycles. The fraction of sp³-hybridized carbons (Fsp3) is 0.538. The van der Waals surface area contributed by atoms with Crippen molar-refractivity contribution in [2.24, 2.45) is 0 Å². The first-order valence-electron chi connectivity index (χ1n) is 6.48. The van der Waals surface area contributed by atoms with E-state index in [9.17, 15) is 0 Å². The summed E-state index contributed by atoms with van der Waals surface area (Å²) in [6.07, 6.45) is 1.17. The second-order valence-electron chi connectivity index (χ2n) is 4.90. The number of nitrogens with one attached hydrogen (secondary N) is 1. The molecule has 19 heavy (non-hydrogen) atoms. The van der Waals surface area contributed by atoms with Crippen LogP contribution in [0.2, 0.25) is 0 Å². The highest BCUT2D eigenvalue weighted by Crippen LogP contribution is 2.36. The number of hydrogen-bond donors (Lipinski definition) is 1. The molecule has 1 aliphatic rings. The minimum absolute atomic E-state index is 0.418. The van der Waals surface area contributed by atoms with Gasteiger partial charge in [-0.05, 0) is 23.8 Å². The Balaban J connectivity index is 1.76. The Hall–Kier alpha value is -0.850. The first-order valence-corrected chi connectivity index (χ1v) is 8.45. The molecule has 0 spiro atoms. The molecule has 0 aliphatic carbocycles. The Labute approximate surface area is 121 Å². The Morgan fingerprint density at radius 3 is 3.11 bits per heavy atom. The van der Waals surface area contributed by atoms with Crippen LogP contribution in [0, 0.1) is 0 Å². The molecule has 1 N–H and O–H groups in total. The molecule has 6 heteroatoms. The fourth-order valence-corrected chi connectivity index (χ4v) is 4.26. The van der Waals surface area contributed by atoms with E-state index in [2.05, 4.69) is 35.4 Å². The molecular weight excluding hydrogens is 278 g/mol. The summed E-state index contributed by atoms with van der Waals surface area (Å²) in [6.45, 7) is 4.83. The van der Waals surface area contributed by atoms with Gasteiger partial charge in [-0.15, -0.1) is 21.5 Å². The predicted molar refractivity (Wildman–Crippen MR) is 79.5 cm³/mol. The van der Waals surface area contributed by atoms with Crippen molar-refractivity contribution in [1.29, 1.82) is 0 Å². The van der Waals surface area contributed by atoms with E-state index in [4.69, 9.17) is 4.42 Å². The van der Waals surface area contributed by atoms with Crippen molar-refractivity contribution in [2.75, 3.05) is 5.75 Å². The second kappa shape index (κ2) is 5.64. The Morgan fingerprint density at radius 2 is 2.32 bits per heavy atom. The maximum Gasteiger partial charge on any atom is 0.257 e. The van der Waals surface area contributed by atoms with Gasteiger partial charge < -0.3 is 9.73 Å². The van der Waals surface area contributed by atoms with Gasteiger partial charge >= 0.3 is 0 Å². The minimum Gasteiger partial charge on any atom is -0.419 e. The molecule has 0 aromatic carbocycles. The maximum absolute atomic E-state index is 5.72. The fourth-order valence-electron chi connectivity index (χ4n) is 1.97. The van der Waals surface area contributed by atoms with Crippen molar-refractivity contribution >= 4 is 23.1 Å². The summed E-state index contributed by atoms with van der Waals surface area (Å²) < 4.78 is 5.72. The first-order chi connectivity index (χ1) is 9.22. The normalized spacial score (nSPS) is 14.9. The number of hydrogen-bond acceptors (Lipinski definition) is 6. The maximum atomic E-state index is 5.72. The van der Waals surface area contributed by atoms with Gasteiger partial charge in [0.2, 0.25) is 5.89 Å². The zero-order valence-corrected chi connectivity index (χ0v) is 12.7. The molecule has 3 heterocycles. The van der Waals surface area contributed by atoms with Crippen LogP contribution >= 0.6 is 23.1 Å². The summed E-state index contributed by atoms with van der Waals surface area (Å²) in [7, 11) is 0. The van der Waals surface area contributed by atoms with E-state index >= 15 is 0 Å². The van der Waals surface area contributed by atoms with Gasteiger partial charge in [-0.2, -0.15) is 11.8 Å². The number of thioether (sulfide) groups is 1. The molecule has 0 radical (unpaired) electrons. The average Bonchev–Trinajstić information content (AvgIpc) is 3.02. The zero-order chi connectivity index (χ0) is 13.2. The van der Waals surface area contributed by atoms with Gasteiger partial charge in [-0.25, -0.2) is 0 Å². The Kier molecular flexibility index (Phi) is 3.91. The number of rotatable bonds is 4. The topological polar surface area (TPSA) is 51.0 Å². The van der Waals surface area contributed by atoms with Crippen molar-refractivity contribution in [2.45, 2.75) is 38.6 Å². The molecule has 2 aromatic heterocycles. The van der Waals surface area contributed by atoms with Gasteiger partial charge in [0.1, 0.15) is 0 Å². The molecule has 0 amide bonds. The summed E-state index contributed by atoms with van der Waals surface area (Å²) in [5, 5.41) is 11.5.